The average molecular weight is 327 g/mol. The highest BCUT2D eigenvalue weighted by Gasteiger charge is 2.18. The molecule has 1 saturated heterocycles. The van der Waals surface area contributed by atoms with Crippen molar-refractivity contribution in [3.8, 4) is 11.1 Å². The Morgan fingerprint density at radius 3 is 2.83 bits per heavy atom. The Kier molecular flexibility index (Phi) is 3.57. The van der Waals surface area contributed by atoms with Gasteiger partial charge in [-0.25, -0.2) is 9.97 Å². The summed E-state index contributed by atoms with van der Waals surface area (Å²) in [6.45, 7) is 4.80. The summed E-state index contributed by atoms with van der Waals surface area (Å²) in [5, 5.41) is 0. The molecule has 24 heavy (non-hydrogen) atoms. The lowest BCUT2D eigenvalue weighted by Crippen LogP contribution is -2.36. The summed E-state index contributed by atoms with van der Waals surface area (Å²) in [6, 6.07) is 3.70. The summed E-state index contributed by atoms with van der Waals surface area (Å²) in [6.07, 6.45) is 5.64. The van der Waals surface area contributed by atoms with Crippen molar-refractivity contribution in [3.63, 3.8) is 0 Å². The number of pyridine rings is 2. The van der Waals surface area contributed by atoms with Crippen molar-refractivity contribution in [2.24, 2.45) is 0 Å². The van der Waals surface area contributed by atoms with Gasteiger partial charge < -0.3 is 19.8 Å². The van der Waals surface area contributed by atoms with Gasteiger partial charge >= 0.3 is 0 Å². The first-order valence-electron chi connectivity index (χ1n) is 7.86. The smallest absolute Gasteiger partial charge is 0.236 e. The predicted molar refractivity (Wildman–Crippen MR) is 90.6 cm³/mol. The van der Waals surface area contributed by atoms with Crippen molar-refractivity contribution in [3.05, 3.63) is 42.4 Å². The lowest BCUT2D eigenvalue weighted by Gasteiger charge is -2.29. The van der Waals surface area contributed by atoms with Crippen molar-refractivity contribution < 1.29 is 9.13 Å². The number of nitrogens with two attached hydrogens (primary N) is 1. The second-order valence-corrected chi connectivity index (χ2v) is 5.87. The van der Waals surface area contributed by atoms with E-state index in [0.717, 1.165) is 35.6 Å². The highest BCUT2D eigenvalue weighted by Crippen LogP contribution is 2.31. The van der Waals surface area contributed by atoms with Crippen LogP contribution in [0, 0.1) is 12.9 Å². The van der Waals surface area contributed by atoms with E-state index in [0.29, 0.717) is 18.9 Å². The van der Waals surface area contributed by atoms with Crippen LogP contribution in [0.25, 0.3) is 16.8 Å². The van der Waals surface area contributed by atoms with E-state index < -0.39 is 5.95 Å². The van der Waals surface area contributed by atoms with Crippen LogP contribution in [-0.4, -0.2) is 40.7 Å². The molecule has 7 heteroatoms. The van der Waals surface area contributed by atoms with Crippen molar-refractivity contribution in [1.29, 1.82) is 0 Å². The maximum atomic E-state index is 13.6. The predicted octanol–water partition coefficient (Wildman–Crippen LogP) is 2.26. The molecule has 3 aromatic heterocycles. The molecule has 0 bridgehead atoms. The Bertz CT molecular complexity index is 901. The van der Waals surface area contributed by atoms with Crippen molar-refractivity contribution >= 4 is 17.0 Å². The normalized spacial score (nSPS) is 15.2. The van der Waals surface area contributed by atoms with Crippen LogP contribution in [0.5, 0.6) is 0 Å². The third kappa shape index (κ3) is 2.46. The standard InChI is InChI=1S/C17H18FN5O/c1-11-13(9-14(19)16(18)21-11)12-8-15(22-4-6-24-7-5-22)17-20-2-3-23(17)10-12/h2-3,8-10H,4-7,19H2,1H3. The summed E-state index contributed by atoms with van der Waals surface area (Å²) in [5.74, 6) is -0.631. The van der Waals surface area contributed by atoms with E-state index in [9.17, 15) is 4.39 Å². The van der Waals surface area contributed by atoms with Gasteiger partial charge in [0.2, 0.25) is 5.95 Å². The minimum atomic E-state index is -0.631. The highest BCUT2D eigenvalue weighted by molar-refractivity contribution is 5.79. The molecule has 4 heterocycles. The van der Waals surface area contributed by atoms with Crippen LogP contribution in [0.1, 0.15) is 5.69 Å². The largest absolute Gasteiger partial charge is 0.395 e. The molecule has 0 unspecified atom stereocenters. The van der Waals surface area contributed by atoms with Crippen molar-refractivity contribution in [2.75, 3.05) is 36.9 Å². The Balaban J connectivity index is 1.89. The number of imidazole rings is 1. The van der Waals surface area contributed by atoms with Crippen LogP contribution in [0.15, 0.2) is 30.7 Å². The minimum Gasteiger partial charge on any atom is -0.395 e. The molecule has 6 nitrogen and oxygen atoms in total. The molecule has 4 rings (SSSR count). The Labute approximate surface area is 138 Å². The second-order valence-electron chi connectivity index (χ2n) is 5.87. The average Bonchev–Trinajstić information content (AvgIpc) is 3.06. The molecule has 0 spiro atoms. The number of halogens is 1. The summed E-state index contributed by atoms with van der Waals surface area (Å²) in [7, 11) is 0. The molecule has 0 atom stereocenters. The molecule has 1 aliphatic rings. The quantitative estimate of drug-likeness (QED) is 0.731. The summed E-state index contributed by atoms with van der Waals surface area (Å²) < 4.78 is 21.0. The molecule has 1 fully saturated rings. The molecule has 0 aromatic carbocycles. The Morgan fingerprint density at radius 1 is 1.25 bits per heavy atom. The number of ether oxygens (including phenoxy) is 1. The number of aromatic nitrogens is 3. The van der Waals surface area contributed by atoms with E-state index in [1.54, 1.807) is 19.2 Å². The molecular weight excluding hydrogens is 309 g/mol. The zero-order valence-corrected chi connectivity index (χ0v) is 13.4. The number of aryl methyl sites for hydroxylation is 1. The van der Waals surface area contributed by atoms with E-state index >= 15 is 0 Å². The van der Waals surface area contributed by atoms with Gasteiger partial charge in [-0.2, -0.15) is 4.39 Å². The van der Waals surface area contributed by atoms with Crippen LogP contribution in [0.4, 0.5) is 15.8 Å². The summed E-state index contributed by atoms with van der Waals surface area (Å²) in [4.78, 5) is 10.6. The van der Waals surface area contributed by atoms with Crippen LogP contribution in [-0.2, 0) is 4.74 Å². The van der Waals surface area contributed by atoms with Gasteiger partial charge in [0.25, 0.3) is 0 Å². The van der Waals surface area contributed by atoms with Crippen molar-refractivity contribution in [2.45, 2.75) is 6.92 Å². The third-order valence-corrected chi connectivity index (χ3v) is 4.32. The van der Waals surface area contributed by atoms with Crippen LogP contribution >= 0.6 is 0 Å². The zero-order valence-electron chi connectivity index (χ0n) is 13.4. The van der Waals surface area contributed by atoms with Gasteiger partial charge in [-0.05, 0) is 19.1 Å². The number of hydrogen-bond acceptors (Lipinski definition) is 5. The fourth-order valence-electron chi connectivity index (χ4n) is 3.08. The SMILES string of the molecule is Cc1nc(F)c(N)cc1-c1cc(N2CCOCC2)c2nccn2c1. The van der Waals surface area contributed by atoms with Gasteiger partial charge in [0, 0.05) is 48.5 Å². The van der Waals surface area contributed by atoms with E-state index in [1.165, 1.54) is 0 Å². The van der Waals surface area contributed by atoms with Gasteiger partial charge in [-0.1, -0.05) is 0 Å². The number of nitrogens with zero attached hydrogens (tertiary/aromatic N) is 4. The Hall–Kier alpha value is -2.67. The fraction of sp³-hybridized carbons (Fsp3) is 0.294. The highest BCUT2D eigenvalue weighted by atomic mass is 19.1. The molecular formula is C17H18FN5O. The summed E-state index contributed by atoms with van der Waals surface area (Å²) in [5.41, 5.74) is 10.0. The maximum Gasteiger partial charge on any atom is 0.236 e. The third-order valence-electron chi connectivity index (χ3n) is 4.32. The number of nitrogen functional groups attached to an aromatic ring is 1. The van der Waals surface area contributed by atoms with E-state index in [2.05, 4.69) is 20.9 Å². The first-order valence-corrected chi connectivity index (χ1v) is 7.86. The topological polar surface area (TPSA) is 68.7 Å². The van der Waals surface area contributed by atoms with Crippen molar-refractivity contribution in [1.82, 2.24) is 14.4 Å². The Morgan fingerprint density at radius 2 is 2.04 bits per heavy atom. The van der Waals surface area contributed by atoms with Crippen LogP contribution in [0.2, 0.25) is 0 Å². The zero-order chi connectivity index (χ0) is 16.7. The van der Waals surface area contributed by atoms with Gasteiger partial charge in [-0.3, -0.25) is 0 Å². The summed E-state index contributed by atoms with van der Waals surface area (Å²) >= 11 is 0. The maximum absolute atomic E-state index is 13.6. The minimum absolute atomic E-state index is 0.0502. The first kappa shape index (κ1) is 14.9. The lowest BCUT2D eigenvalue weighted by molar-refractivity contribution is 0.123. The molecule has 124 valence electrons. The van der Waals surface area contributed by atoms with Gasteiger partial charge in [0.05, 0.1) is 24.6 Å². The molecule has 0 radical (unpaired) electrons. The van der Waals surface area contributed by atoms with Gasteiger partial charge in [-0.15, -0.1) is 0 Å². The monoisotopic (exact) mass is 327 g/mol. The molecule has 3 aromatic rings. The number of rotatable bonds is 2. The van der Waals surface area contributed by atoms with E-state index in [-0.39, 0.29) is 5.69 Å². The molecule has 0 saturated carbocycles. The lowest BCUT2D eigenvalue weighted by atomic mass is 10.0. The second kappa shape index (κ2) is 5.76. The number of morpholine rings is 1. The van der Waals surface area contributed by atoms with E-state index in [1.807, 2.05) is 16.8 Å². The molecule has 2 N–H and O–H groups in total. The number of anilines is 2. The van der Waals surface area contributed by atoms with Gasteiger partial charge in [0.15, 0.2) is 5.65 Å². The molecule has 1 aliphatic heterocycles. The molecule has 0 aliphatic carbocycles. The molecule has 0 amide bonds. The van der Waals surface area contributed by atoms with Crippen LogP contribution in [0.3, 0.4) is 0 Å². The van der Waals surface area contributed by atoms with Gasteiger partial charge in [0.1, 0.15) is 0 Å². The van der Waals surface area contributed by atoms with E-state index in [4.69, 9.17) is 10.5 Å². The number of fused-ring (bicyclic) bond motifs is 1. The number of hydrogen-bond donors (Lipinski definition) is 1. The fourth-order valence-corrected chi connectivity index (χ4v) is 3.08. The first-order chi connectivity index (χ1) is 11.6. The van der Waals surface area contributed by atoms with Crippen LogP contribution < -0.4 is 10.6 Å².